The standard InChI is InChI=1S/C19H21NO2S/c1-13(2)18-12-16-7-5-6-15(4)19(16)20(18)23(21,22)17-10-8-14(3)9-11-17/h5-11,18H,1,12H2,2-4H3. The number of fused-ring (bicyclic) bond motifs is 1. The quantitative estimate of drug-likeness (QED) is 0.799. The molecule has 0 aliphatic carbocycles. The molecule has 23 heavy (non-hydrogen) atoms. The van der Waals surface area contributed by atoms with Crippen LogP contribution in [-0.2, 0) is 16.4 Å². The fourth-order valence-corrected chi connectivity index (χ4v) is 4.93. The van der Waals surface area contributed by atoms with Gasteiger partial charge in [0.25, 0.3) is 10.0 Å². The molecule has 0 amide bonds. The van der Waals surface area contributed by atoms with Crippen LogP contribution in [-0.4, -0.2) is 14.5 Å². The Morgan fingerprint density at radius 2 is 1.78 bits per heavy atom. The third-order valence-corrected chi connectivity index (χ3v) is 6.21. The third kappa shape index (κ3) is 2.57. The van der Waals surface area contributed by atoms with E-state index in [4.69, 9.17) is 0 Å². The van der Waals surface area contributed by atoms with Gasteiger partial charge in [0.05, 0.1) is 16.6 Å². The summed E-state index contributed by atoms with van der Waals surface area (Å²) in [7, 11) is -3.61. The molecular formula is C19H21NO2S. The summed E-state index contributed by atoms with van der Waals surface area (Å²) in [6.07, 6.45) is 0.678. The lowest BCUT2D eigenvalue weighted by Crippen LogP contribution is -2.38. The van der Waals surface area contributed by atoms with Gasteiger partial charge in [0, 0.05) is 0 Å². The van der Waals surface area contributed by atoms with Gasteiger partial charge in [-0.05, 0) is 50.5 Å². The van der Waals surface area contributed by atoms with E-state index in [1.54, 1.807) is 16.4 Å². The van der Waals surface area contributed by atoms with Crippen molar-refractivity contribution in [2.75, 3.05) is 4.31 Å². The lowest BCUT2D eigenvalue weighted by molar-refractivity contribution is 0.586. The highest BCUT2D eigenvalue weighted by Gasteiger charge is 2.39. The van der Waals surface area contributed by atoms with Gasteiger partial charge in [-0.3, -0.25) is 4.31 Å². The van der Waals surface area contributed by atoms with Crippen molar-refractivity contribution in [2.24, 2.45) is 0 Å². The second-order valence-corrected chi connectivity index (χ2v) is 8.08. The molecule has 1 unspecified atom stereocenters. The molecule has 3 nitrogen and oxygen atoms in total. The highest BCUT2D eigenvalue weighted by molar-refractivity contribution is 7.93. The molecule has 3 rings (SSSR count). The van der Waals surface area contributed by atoms with Crippen LogP contribution >= 0.6 is 0 Å². The van der Waals surface area contributed by atoms with E-state index in [0.717, 1.165) is 28.0 Å². The minimum absolute atomic E-state index is 0.225. The number of rotatable bonds is 3. The maximum Gasteiger partial charge on any atom is 0.264 e. The van der Waals surface area contributed by atoms with Gasteiger partial charge in [0.15, 0.2) is 0 Å². The van der Waals surface area contributed by atoms with E-state index in [-0.39, 0.29) is 6.04 Å². The van der Waals surface area contributed by atoms with Crippen LogP contribution in [0.4, 0.5) is 5.69 Å². The van der Waals surface area contributed by atoms with E-state index in [2.05, 4.69) is 6.58 Å². The van der Waals surface area contributed by atoms with Crippen LogP contribution in [0, 0.1) is 13.8 Å². The SMILES string of the molecule is C=C(C)C1Cc2cccc(C)c2N1S(=O)(=O)c1ccc(C)cc1. The van der Waals surface area contributed by atoms with Gasteiger partial charge >= 0.3 is 0 Å². The van der Waals surface area contributed by atoms with Crippen LogP contribution in [0.5, 0.6) is 0 Å². The first kappa shape index (κ1) is 15.8. The van der Waals surface area contributed by atoms with Crippen molar-refractivity contribution in [1.82, 2.24) is 0 Å². The first-order chi connectivity index (χ1) is 10.8. The normalized spacial score (nSPS) is 17.2. The number of nitrogens with zero attached hydrogens (tertiary/aromatic N) is 1. The van der Waals surface area contributed by atoms with Gasteiger partial charge in [-0.25, -0.2) is 8.42 Å². The van der Waals surface area contributed by atoms with Crippen molar-refractivity contribution in [2.45, 2.75) is 38.1 Å². The zero-order valence-corrected chi connectivity index (χ0v) is 14.5. The molecule has 1 heterocycles. The maximum absolute atomic E-state index is 13.3. The molecule has 4 heteroatoms. The summed E-state index contributed by atoms with van der Waals surface area (Å²) in [4.78, 5) is 0.324. The molecule has 0 N–H and O–H groups in total. The highest BCUT2D eigenvalue weighted by atomic mass is 32.2. The Morgan fingerprint density at radius 1 is 1.13 bits per heavy atom. The fraction of sp³-hybridized carbons (Fsp3) is 0.263. The monoisotopic (exact) mass is 327 g/mol. The molecular weight excluding hydrogens is 306 g/mol. The van der Waals surface area contributed by atoms with Gasteiger partial charge in [0.2, 0.25) is 0 Å². The van der Waals surface area contributed by atoms with Crippen LogP contribution in [0.2, 0.25) is 0 Å². The fourth-order valence-electron chi connectivity index (χ4n) is 3.13. The first-order valence-electron chi connectivity index (χ1n) is 7.67. The number of hydrogen-bond acceptors (Lipinski definition) is 2. The first-order valence-corrected chi connectivity index (χ1v) is 9.11. The Hall–Kier alpha value is -2.07. The summed E-state index contributed by atoms with van der Waals surface area (Å²) >= 11 is 0. The molecule has 0 radical (unpaired) electrons. The Balaban J connectivity index is 2.19. The average Bonchev–Trinajstić information content (AvgIpc) is 2.89. The van der Waals surface area contributed by atoms with Crippen molar-refractivity contribution in [1.29, 1.82) is 0 Å². The number of sulfonamides is 1. The molecule has 1 atom stereocenters. The van der Waals surface area contributed by atoms with Crippen LogP contribution in [0.25, 0.3) is 0 Å². The zero-order chi connectivity index (χ0) is 16.8. The Morgan fingerprint density at radius 3 is 2.39 bits per heavy atom. The summed E-state index contributed by atoms with van der Waals surface area (Å²) in [5.41, 5.74) is 4.74. The molecule has 1 aliphatic heterocycles. The van der Waals surface area contributed by atoms with Crippen LogP contribution in [0.1, 0.15) is 23.6 Å². The number of hydrogen-bond donors (Lipinski definition) is 0. The average molecular weight is 327 g/mol. The molecule has 1 aliphatic rings. The summed E-state index contributed by atoms with van der Waals surface area (Å²) < 4.78 is 28.1. The van der Waals surface area contributed by atoms with Crippen LogP contribution in [0.3, 0.4) is 0 Å². The predicted octanol–water partition coefficient (Wildman–Crippen LogP) is 4.00. The third-order valence-electron chi connectivity index (χ3n) is 4.38. The minimum Gasteiger partial charge on any atom is -0.258 e. The van der Waals surface area contributed by atoms with Gasteiger partial charge in [0.1, 0.15) is 0 Å². The summed E-state index contributed by atoms with van der Waals surface area (Å²) in [6.45, 7) is 9.81. The maximum atomic E-state index is 13.3. The number of para-hydroxylation sites is 1. The Labute approximate surface area is 138 Å². The smallest absolute Gasteiger partial charge is 0.258 e. The Bertz CT molecular complexity index is 867. The van der Waals surface area contributed by atoms with E-state index in [1.807, 2.05) is 51.1 Å². The molecule has 0 spiro atoms. The molecule has 0 fully saturated rings. The van der Waals surface area contributed by atoms with E-state index in [9.17, 15) is 8.42 Å². The number of benzene rings is 2. The van der Waals surface area contributed by atoms with Crippen molar-refractivity contribution >= 4 is 15.7 Å². The van der Waals surface area contributed by atoms with Crippen molar-refractivity contribution in [3.63, 3.8) is 0 Å². The second kappa shape index (κ2) is 5.53. The van der Waals surface area contributed by atoms with E-state index >= 15 is 0 Å². The second-order valence-electron chi connectivity index (χ2n) is 6.26. The van der Waals surface area contributed by atoms with Gasteiger partial charge in [-0.2, -0.15) is 0 Å². The molecule has 2 aromatic carbocycles. The summed E-state index contributed by atoms with van der Waals surface area (Å²) in [5, 5.41) is 0. The van der Waals surface area contributed by atoms with Crippen LogP contribution < -0.4 is 4.31 Å². The predicted molar refractivity (Wildman–Crippen MR) is 94.3 cm³/mol. The topological polar surface area (TPSA) is 37.4 Å². The van der Waals surface area contributed by atoms with Gasteiger partial charge in [-0.1, -0.05) is 48.0 Å². The summed E-state index contributed by atoms with van der Waals surface area (Å²) in [6, 6.07) is 12.7. The summed E-state index contributed by atoms with van der Waals surface area (Å²) in [5.74, 6) is 0. The van der Waals surface area contributed by atoms with E-state index in [1.165, 1.54) is 0 Å². The molecule has 0 saturated carbocycles. The van der Waals surface area contributed by atoms with Crippen LogP contribution in [0.15, 0.2) is 59.5 Å². The van der Waals surface area contributed by atoms with E-state index < -0.39 is 10.0 Å². The van der Waals surface area contributed by atoms with E-state index in [0.29, 0.717) is 11.3 Å². The van der Waals surface area contributed by atoms with Crippen molar-refractivity contribution in [3.8, 4) is 0 Å². The lowest BCUT2D eigenvalue weighted by Gasteiger charge is -2.28. The zero-order valence-electron chi connectivity index (χ0n) is 13.7. The van der Waals surface area contributed by atoms with Crippen molar-refractivity contribution in [3.05, 3.63) is 71.3 Å². The van der Waals surface area contributed by atoms with Gasteiger partial charge in [-0.15, -0.1) is 0 Å². The molecule has 0 bridgehead atoms. The molecule has 2 aromatic rings. The minimum atomic E-state index is -3.61. The molecule has 120 valence electrons. The molecule has 0 saturated heterocycles. The Kier molecular flexibility index (Phi) is 3.80. The molecule has 0 aromatic heterocycles. The lowest BCUT2D eigenvalue weighted by atomic mass is 10.0. The van der Waals surface area contributed by atoms with Crippen molar-refractivity contribution < 1.29 is 8.42 Å². The highest BCUT2D eigenvalue weighted by Crippen LogP contribution is 2.41. The number of aryl methyl sites for hydroxylation is 2. The van der Waals surface area contributed by atoms with Gasteiger partial charge < -0.3 is 0 Å². The number of anilines is 1. The largest absolute Gasteiger partial charge is 0.264 e.